The molecule has 0 saturated carbocycles. The Bertz CT molecular complexity index is 316. The molecular weight excluding hydrogens is 202 g/mol. The highest BCUT2D eigenvalue weighted by molar-refractivity contribution is 5.20. The third-order valence-corrected chi connectivity index (χ3v) is 2.51. The zero-order chi connectivity index (χ0) is 12.3. The minimum absolute atomic E-state index is 0.513. The van der Waals surface area contributed by atoms with Crippen LogP contribution in [0.5, 0.6) is 0 Å². The van der Waals surface area contributed by atoms with Gasteiger partial charge in [0.1, 0.15) is 0 Å². The summed E-state index contributed by atoms with van der Waals surface area (Å²) in [5, 5.41) is 22.9. The van der Waals surface area contributed by atoms with Gasteiger partial charge in [-0.15, -0.1) is 10.3 Å². The van der Waals surface area contributed by atoms with E-state index in [1.165, 1.54) is 0 Å². The van der Waals surface area contributed by atoms with E-state index in [1.54, 1.807) is 6.92 Å². The number of benzene rings is 1. The number of rotatable bonds is 3. The van der Waals surface area contributed by atoms with Crippen molar-refractivity contribution >= 4 is 0 Å². The van der Waals surface area contributed by atoms with Crippen molar-refractivity contribution in [2.45, 2.75) is 45.4 Å². The Morgan fingerprint density at radius 2 is 1.69 bits per heavy atom. The van der Waals surface area contributed by atoms with Crippen LogP contribution in [0.3, 0.4) is 0 Å². The number of aliphatic hydroxyl groups is 1. The van der Waals surface area contributed by atoms with E-state index in [0.717, 1.165) is 10.6 Å². The molecule has 0 aliphatic carbocycles. The van der Waals surface area contributed by atoms with E-state index < -0.39 is 17.7 Å². The average molecular weight is 222 g/mol. The second-order valence-corrected chi connectivity index (χ2v) is 5.09. The summed E-state index contributed by atoms with van der Waals surface area (Å²) in [6.45, 7) is 7.18. The molecule has 16 heavy (non-hydrogen) atoms. The first-order valence-corrected chi connectivity index (χ1v) is 5.53. The Morgan fingerprint density at radius 3 is 2.06 bits per heavy atom. The van der Waals surface area contributed by atoms with Crippen LogP contribution in [0.15, 0.2) is 30.3 Å². The van der Waals surface area contributed by atoms with Gasteiger partial charge in [-0.2, -0.15) is 0 Å². The summed E-state index contributed by atoms with van der Waals surface area (Å²) >= 11 is 0. The lowest BCUT2D eigenvalue weighted by atomic mass is 9.97. The van der Waals surface area contributed by atoms with E-state index in [-0.39, 0.29) is 0 Å². The smallest absolute Gasteiger partial charge is 0.0895 e. The summed E-state index contributed by atoms with van der Waals surface area (Å²) in [4.78, 5) is 0. The third kappa shape index (κ3) is 3.04. The zero-order valence-corrected chi connectivity index (χ0v) is 10.3. The fraction of sp³-hybridized carbons (Fsp3) is 0.538. The molecule has 0 aliphatic heterocycles. The van der Waals surface area contributed by atoms with E-state index in [4.69, 9.17) is 0 Å². The minimum Gasteiger partial charge on any atom is -0.391 e. The maximum Gasteiger partial charge on any atom is 0.0895 e. The van der Waals surface area contributed by atoms with Crippen LogP contribution in [0.25, 0.3) is 0 Å². The summed E-state index contributed by atoms with van der Waals surface area (Å²) < 4.78 is 0. The molecule has 0 aromatic heterocycles. The molecular formula is C13H20NO2. The van der Waals surface area contributed by atoms with Crippen LogP contribution >= 0.6 is 0 Å². The Labute approximate surface area is 97.3 Å². The molecule has 0 heterocycles. The minimum atomic E-state index is -0.695. The first-order chi connectivity index (χ1) is 7.34. The van der Waals surface area contributed by atoms with Gasteiger partial charge in [-0.3, -0.25) is 0 Å². The molecule has 0 spiro atoms. The van der Waals surface area contributed by atoms with Gasteiger partial charge in [0.15, 0.2) is 0 Å². The number of aliphatic hydroxyl groups excluding tert-OH is 1. The summed E-state index contributed by atoms with van der Waals surface area (Å²) in [6.07, 6.45) is -0.695. The lowest BCUT2D eigenvalue weighted by Crippen LogP contribution is -2.44. The highest BCUT2D eigenvalue weighted by Gasteiger charge is 2.33. The van der Waals surface area contributed by atoms with Crippen LogP contribution in [-0.4, -0.2) is 21.8 Å². The Hall–Kier alpha value is -0.900. The van der Waals surface area contributed by atoms with Gasteiger partial charge in [-0.1, -0.05) is 30.3 Å². The SMILES string of the molecule is CC(O)C(c1ccccc1)N([O])C(C)(C)C. The average Bonchev–Trinajstić information content (AvgIpc) is 2.17. The number of hydroxylamine groups is 2. The fourth-order valence-electron chi connectivity index (χ4n) is 1.68. The van der Waals surface area contributed by atoms with Crippen molar-refractivity contribution in [1.82, 2.24) is 5.06 Å². The number of hydrogen-bond acceptors (Lipinski definition) is 2. The van der Waals surface area contributed by atoms with E-state index in [2.05, 4.69) is 0 Å². The molecule has 2 unspecified atom stereocenters. The number of nitrogens with zero attached hydrogens (tertiary/aromatic N) is 1. The van der Waals surface area contributed by atoms with Crippen molar-refractivity contribution < 1.29 is 10.3 Å². The third-order valence-electron chi connectivity index (χ3n) is 2.51. The van der Waals surface area contributed by atoms with Gasteiger partial charge < -0.3 is 5.11 Å². The summed E-state index contributed by atoms with van der Waals surface area (Å²) in [5.74, 6) is 0. The maximum atomic E-state index is 12.2. The van der Waals surface area contributed by atoms with Gasteiger partial charge >= 0.3 is 0 Å². The first kappa shape index (κ1) is 13.2. The van der Waals surface area contributed by atoms with Gasteiger partial charge in [0.2, 0.25) is 0 Å². The molecule has 0 aliphatic rings. The highest BCUT2D eigenvalue weighted by Crippen LogP contribution is 2.29. The lowest BCUT2D eigenvalue weighted by molar-refractivity contribution is -0.257. The molecule has 1 aromatic rings. The van der Waals surface area contributed by atoms with Gasteiger partial charge in [-0.05, 0) is 33.3 Å². The molecule has 3 nitrogen and oxygen atoms in total. The van der Waals surface area contributed by atoms with Crippen molar-refractivity contribution in [3.05, 3.63) is 35.9 Å². The summed E-state index contributed by atoms with van der Waals surface area (Å²) in [6, 6.07) is 8.88. The molecule has 0 bridgehead atoms. The van der Waals surface area contributed by atoms with Crippen LogP contribution < -0.4 is 0 Å². The molecule has 0 fully saturated rings. The molecule has 0 amide bonds. The Kier molecular flexibility index (Phi) is 4.08. The second kappa shape index (κ2) is 4.95. The molecule has 2 atom stereocenters. The molecule has 1 radical (unpaired) electrons. The molecule has 1 rings (SSSR count). The number of hydrogen-bond donors (Lipinski definition) is 1. The summed E-state index contributed by atoms with van der Waals surface area (Å²) in [7, 11) is 0. The topological polar surface area (TPSA) is 43.4 Å². The predicted octanol–water partition coefficient (Wildman–Crippen LogP) is 2.55. The standard InChI is InChI=1S/C13H20NO2/c1-10(15)12(14(16)13(2,3)4)11-8-6-5-7-9-11/h5-10,12,15H,1-4H3. The molecule has 3 heteroatoms. The normalized spacial score (nSPS) is 16.2. The van der Waals surface area contributed by atoms with E-state index in [0.29, 0.717) is 0 Å². The molecule has 1 N–H and O–H groups in total. The van der Waals surface area contributed by atoms with Crippen molar-refractivity contribution in [2.75, 3.05) is 0 Å². The molecule has 89 valence electrons. The lowest BCUT2D eigenvalue weighted by Gasteiger charge is -2.35. The van der Waals surface area contributed by atoms with Crippen LogP contribution in [0.2, 0.25) is 0 Å². The van der Waals surface area contributed by atoms with E-state index in [1.807, 2.05) is 51.1 Å². The van der Waals surface area contributed by atoms with Gasteiger partial charge in [0, 0.05) is 5.54 Å². The van der Waals surface area contributed by atoms with Crippen LogP contribution in [0, 0.1) is 0 Å². The Morgan fingerprint density at radius 1 is 1.19 bits per heavy atom. The maximum absolute atomic E-state index is 12.2. The van der Waals surface area contributed by atoms with Crippen molar-refractivity contribution in [3.63, 3.8) is 0 Å². The van der Waals surface area contributed by atoms with Crippen LogP contribution in [-0.2, 0) is 5.21 Å². The van der Waals surface area contributed by atoms with Gasteiger partial charge in [0.25, 0.3) is 0 Å². The Balaban J connectivity index is 3.02. The second-order valence-electron chi connectivity index (χ2n) is 5.09. The molecule has 1 aromatic carbocycles. The van der Waals surface area contributed by atoms with Gasteiger partial charge in [0.05, 0.1) is 12.1 Å². The van der Waals surface area contributed by atoms with Crippen LogP contribution in [0.1, 0.15) is 39.3 Å². The largest absolute Gasteiger partial charge is 0.391 e. The fourth-order valence-corrected chi connectivity index (χ4v) is 1.68. The van der Waals surface area contributed by atoms with Crippen molar-refractivity contribution in [1.29, 1.82) is 0 Å². The first-order valence-electron chi connectivity index (χ1n) is 5.53. The van der Waals surface area contributed by atoms with Crippen molar-refractivity contribution in [3.8, 4) is 0 Å². The van der Waals surface area contributed by atoms with E-state index >= 15 is 0 Å². The zero-order valence-electron chi connectivity index (χ0n) is 10.3. The quantitative estimate of drug-likeness (QED) is 0.799. The molecule has 0 saturated heterocycles. The monoisotopic (exact) mass is 222 g/mol. The van der Waals surface area contributed by atoms with Crippen molar-refractivity contribution in [2.24, 2.45) is 0 Å². The van der Waals surface area contributed by atoms with E-state index in [9.17, 15) is 10.3 Å². The van der Waals surface area contributed by atoms with Crippen LogP contribution in [0.4, 0.5) is 0 Å². The summed E-state index contributed by atoms with van der Waals surface area (Å²) in [5.41, 5.74) is 0.333. The predicted molar refractivity (Wildman–Crippen MR) is 63.1 cm³/mol. The van der Waals surface area contributed by atoms with Gasteiger partial charge in [-0.25, -0.2) is 0 Å². The highest BCUT2D eigenvalue weighted by atomic mass is 16.5.